The number of aromatic nitrogens is 1. The molecule has 13 heteroatoms. The van der Waals surface area contributed by atoms with Gasteiger partial charge in [-0.15, -0.1) is 0 Å². The molecule has 1 aliphatic rings. The van der Waals surface area contributed by atoms with Gasteiger partial charge in [0.05, 0.1) is 41.0 Å². The number of nitrogens with one attached hydrogen (secondary N) is 1. The summed E-state index contributed by atoms with van der Waals surface area (Å²) in [5, 5.41) is 18.4. The Hall–Kier alpha value is -2.39. The Balaban J connectivity index is 1.62. The van der Waals surface area contributed by atoms with Crippen molar-refractivity contribution in [1.29, 1.82) is 0 Å². The van der Waals surface area contributed by atoms with Gasteiger partial charge in [0, 0.05) is 18.7 Å². The summed E-state index contributed by atoms with van der Waals surface area (Å²) in [7, 11) is -7.57. The molecule has 2 aromatic carbocycles. The maximum Gasteiger partial charge on any atom is 0.243 e. The molecule has 0 amide bonds. The maximum absolute atomic E-state index is 12.8. The number of nitrogens with zero attached hydrogens (tertiary/aromatic N) is 2. The third kappa shape index (κ3) is 5.09. The first-order valence-electron chi connectivity index (χ1n) is 9.88. The summed E-state index contributed by atoms with van der Waals surface area (Å²) in [6.07, 6.45) is 0. The van der Waals surface area contributed by atoms with Gasteiger partial charge in [0.1, 0.15) is 4.90 Å². The first kappa shape index (κ1) is 23.8. The van der Waals surface area contributed by atoms with E-state index in [1.807, 2.05) is 0 Å². The summed E-state index contributed by atoms with van der Waals surface area (Å²) in [5.74, 6) is 0. The average molecular weight is 511 g/mol. The van der Waals surface area contributed by atoms with Gasteiger partial charge in [0.2, 0.25) is 20.0 Å². The second-order valence-electron chi connectivity index (χ2n) is 7.16. The summed E-state index contributed by atoms with van der Waals surface area (Å²) in [6, 6.07) is 12.4. The third-order valence-corrected chi connectivity index (χ3v) is 8.85. The van der Waals surface area contributed by atoms with E-state index in [9.17, 15) is 21.9 Å². The van der Waals surface area contributed by atoms with Gasteiger partial charge in [0.25, 0.3) is 0 Å². The van der Waals surface area contributed by atoms with E-state index in [1.165, 1.54) is 22.5 Å². The Morgan fingerprint density at radius 1 is 1.06 bits per heavy atom. The van der Waals surface area contributed by atoms with Gasteiger partial charge in [-0.3, -0.25) is 0 Å². The predicted octanol–water partition coefficient (Wildman–Crippen LogP) is 1.71. The van der Waals surface area contributed by atoms with Crippen LogP contribution in [0.3, 0.4) is 0 Å². The molecule has 4 N–H and O–H groups in total. The molecule has 0 radical (unpaired) electrons. The van der Waals surface area contributed by atoms with E-state index in [0.717, 1.165) is 11.3 Å². The quantitative estimate of drug-likeness (QED) is 0.434. The SMILES string of the molecule is NS(=O)(=O)c1ccccc1Nc1nc(-c2ccc(S(=O)(=O)N3CCOCC3)cc2)c(CO)s1. The van der Waals surface area contributed by atoms with E-state index in [1.54, 1.807) is 30.3 Å². The van der Waals surface area contributed by atoms with Crippen molar-refractivity contribution < 1.29 is 26.7 Å². The molecule has 0 saturated carbocycles. The number of thiazole rings is 1. The van der Waals surface area contributed by atoms with Crippen LogP contribution in [-0.2, 0) is 31.4 Å². The molecule has 0 atom stereocenters. The number of sulfonamides is 2. The van der Waals surface area contributed by atoms with Crippen molar-refractivity contribution in [3.05, 3.63) is 53.4 Å². The predicted molar refractivity (Wildman–Crippen MR) is 124 cm³/mol. The summed E-state index contributed by atoms with van der Waals surface area (Å²) >= 11 is 1.15. The molecule has 3 aromatic rings. The maximum atomic E-state index is 12.8. The Morgan fingerprint density at radius 2 is 1.73 bits per heavy atom. The zero-order valence-electron chi connectivity index (χ0n) is 17.3. The molecule has 1 saturated heterocycles. The summed E-state index contributed by atoms with van der Waals surface area (Å²) < 4.78 is 55.9. The first-order valence-corrected chi connectivity index (χ1v) is 13.7. The number of anilines is 2. The highest BCUT2D eigenvalue weighted by atomic mass is 32.2. The summed E-state index contributed by atoms with van der Waals surface area (Å²) in [5.41, 5.74) is 1.34. The van der Waals surface area contributed by atoms with Gasteiger partial charge in [-0.25, -0.2) is 27.0 Å². The Morgan fingerprint density at radius 3 is 2.36 bits per heavy atom. The second-order valence-corrected chi connectivity index (χ2v) is 11.7. The largest absolute Gasteiger partial charge is 0.391 e. The molecule has 33 heavy (non-hydrogen) atoms. The highest BCUT2D eigenvalue weighted by Crippen LogP contribution is 2.34. The third-order valence-electron chi connectivity index (χ3n) is 5.01. The number of aliphatic hydroxyl groups excluding tert-OH is 1. The van der Waals surface area contributed by atoms with Crippen LogP contribution in [-0.4, -0.2) is 57.5 Å². The van der Waals surface area contributed by atoms with Crippen LogP contribution in [0, 0.1) is 0 Å². The molecule has 1 aromatic heterocycles. The van der Waals surface area contributed by atoms with Crippen molar-refractivity contribution in [2.75, 3.05) is 31.6 Å². The van der Waals surface area contributed by atoms with E-state index < -0.39 is 20.0 Å². The Kier molecular flexibility index (Phi) is 6.81. The molecule has 4 rings (SSSR count). The normalized spacial score (nSPS) is 15.5. The van der Waals surface area contributed by atoms with Crippen LogP contribution in [0.2, 0.25) is 0 Å². The van der Waals surface area contributed by atoms with E-state index >= 15 is 0 Å². The molecule has 1 fully saturated rings. The fourth-order valence-corrected chi connectivity index (χ4v) is 6.35. The minimum atomic E-state index is -3.95. The molecule has 176 valence electrons. The number of ether oxygens (including phenoxy) is 1. The van der Waals surface area contributed by atoms with E-state index in [0.29, 0.717) is 47.6 Å². The fraction of sp³-hybridized carbons (Fsp3) is 0.250. The molecule has 0 unspecified atom stereocenters. The molecule has 2 heterocycles. The molecule has 0 spiro atoms. The number of nitrogens with two attached hydrogens (primary N) is 1. The Labute approximate surface area is 195 Å². The first-order chi connectivity index (χ1) is 15.7. The molecular weight excluding hydrogens is 488 g/mol. The summed E-state index contributed by atoms with van der Waals surface area (Å²) in [4.78, 5) is 5.11. The van der Waals surface area contributed by atoms with Crippen LogP contribution in [0.1, 0.15) is 4.88 Å². The molecule has 0 bridgehead atoms. The molecular formula is C20H22N4O6S3. The minimum absolute atomic E-state index is 0.0787. The van der Waals surface area contributed by atoms with Crippen LogP contribution < -0.4 is 10.5 Å². The Bertz CT molecular complexity index is 1350. The lowest BCUT2D eigenvalue weighted by Gasteiger charge is -2.26. The van der Waals surface area contributed by atoms with Gasteiger partial charge < -0.3 is 15.2 Å². The number of primary sulfonamides is 1. The average Bonchev–Trinajstić information content (AvgIpc) is 3.22. The lowest BCUT2D eigenvalue weighted by molar-refractivity contribution is 0.0730. The number of hydrogen-bond acceptors (Lipinski definition) is 9. The van der Waals surface area contributed by atoms with E-state index in [2.05, 4.69) is 10.3 Å². The van der Waals surface area contributed by atoms with Crippen molar-refractivity contribution in [3.63, 3.8) is 0 Å². The highest BCUT2D eigenvalue weighted by Gasteiger charge is 2.26. The number of rotatable bonds is 7. The van der Waals surface area contributed by atoms with Crippen molar-refractivity contribution >= 4 is 42.2 Å². The fourth-order valence-electron chi connectivity index (χ4n) is 3.39. The van der Waals surface area contributed by atoms with Gasteiger partial charge in [-0.1, -0.05) is 35.6 Å². The van der Waals surface area contributed by atoms with Gasteiger partial charge in [-0.2, -0.15) is 4.31 Å². The number of hydrogen-bond donors (Lipinski definition) is 3. The van der Waals surface area contributed by atoms with Crippen LogP contribution in [0.15, 0.2) is 58.3 Å². The number of aliphatic hydroxyl groups is 1. The van der Waals surface area contributed by atoms with Crippen LogP contribution in [0.4, 0.5) is 10.8 Å². The van der Waals surface area contributed by atoms with Crippen LogP contribution >= 0.6 is 11.3 Å². The van der Waals surface area contributed by atoms with E-state index in [4.69, 9.17) is 9.88 Å². The summed E-state index contributed by atoms with van der Waals surface area (Å²) in [6.45, 7) is 1.04. The van der Waals surface area contributed by atoms with Crippen molar-refractivity contribution in [3.8, 4) is 11.3 Å². The second kappa shape index (κ2) is 9.46. The number of morpholine rings is 1. The van der Waals surface area contributed by atoms with Gasteiger partial charge in [-0.05, 0) is 24.3 Å². The molecule has 10 nitrogen and oxygen atoms in total. The zero-order chi connectivity index (χ0) is 23.6. The topological polar surface area (TPSA) is 152 Å². The molecule has 0 aliphatic carbocycles. The lowest BCUT2D eigenvalue weighted by atomic mass is 10.1. The molecule has 1 aliphatic heterocycles. The van der Waals surface area contributed by atoms with Crippen LogP contribution in [0.25, 0.3) is 11.3 Å². The number of benzene rings is 2. The van der Waals surface area contributed by atoms with Crippen molar-refractivity contribution in [2.24, 2.45) is 5.14 Å². The lowest BCUT2D eigenvalue weighted by Crippen LogP contribution is -2.40. The number of para-hydroxylation sites is 1. The van der Waals surface area contributed by atoms with Crippen LogP contribution in [0.5, 0.6) is 0 Å². The van der Waals surface area contributed by atoms with Gasteiger partial charge in [0.15, 0.2) is 5.13 Å². The minimum Gasteiger partial charge on any atom is -0.391 e. The monoisotopic (exact) mass is 510 g/mol. The standard InChI is InChI=1S/C20H22N4O6S3/c21-32(26,27)18-4-2-1-3-16(18)22-20-23-19(17(13-25)31-20)14-5-7-15(8-6-14)33(28,29)24-9-11-30-12-10-24/h1-8,25H,9-13H2,(H,22,23)(H2,21,26,27). The smallest absolute Gasteiger partial charge is 0.243 e. The highest BCUT2D eigenvalue weighted by molar-refractivity contribution is 7.89. The van der Waals surface area contributed by atoms with Crippen molar-refractivity contribution in [2.45, 2.75) is 16.4 Å². The van der Waals surface area contributed by atoms with E-state index in [-0.39, 0.29) is 22.1 Å². The van der Waals surface area contributed by atoms with Gasteiger partial charge >= 0.3 is 0 Å². The van der Waals surface area contributed by atoms with Crippen molar-refractivity contribution in [1.82, 2.24) is 9.29 Å². The zero-order valence-corrected chi connectivity index (χ0v) is 19.8.